The van der Waals surface area contributed by atoms with Crippen molar-refractivity contribution in [1.82, 2.24) is 5.32 Å². The molecule has 1 aromatic rings. The van der Waals surface area contributed by atoms with Gasteiger partial charge in [-0.15, -0.1) is 0 Å². The average Bonchev–Trinajstić information content (AvgIpc) is 2.33. The Hall–Kier alpha value is -0.820. The molecule has 0 aromatic heterocycles. The Bertz CT molecular complexity index is 332. The summed E-state index contributed by atoms with van der Waals surface area (Å²) >= 11 is 0. The third kappa shape index (κ3) is 3.57. The molecular weight excluding hydrogens is 206 g/mol. The summed E-state index contributed by atoms with van der Waals surface area (Å²) in [6, 6.07) is 8.86. The van der Waals surface area contributed by atoms with Crippen molar-refractivity contribution in [2.45, 2.75) is 51.4 Å². The second-order valence-corrected chi connectivity index (χ2v) is 5.22. The zero-order valence-electron chi connectivity index (χ0n) is 11.0. The molecule has 1 heteroatoms. The summed E-state index contributed by atoms with van der Waals surface area (Å²) in [6.45, 7) is 4.64. The van der Waals surface area contributed by atoms with Crippen LogP contribution in [0.4, 0.5) is 0 Å². The molecule has 0 spiro atoms. The Morgan fingerprint density at radius 1 is 1.12 bits per heavy atom. The highest BCUT2D eigenvalue weighted by Gasteiger charge is 2.24. The summed E-state index contributed by atoms with van der Waals surface area (Å²) in [4.78, 5) is 0. The fourth-order valence-electron chi connectivity index (χ4n) is 2.67. The maximum atomic E-state index is 3.61. The van der Waals surface area contributed by atoms with E-state index in [2.05, 4.69) is 36.5 Å². The van der Waals surface area contributed by atoms with Crippen LogP contribution in [0.25, 0.3) is 0 Å². The first-order valence-corrected chi connectivity index (χ1v) is 7.20. The molecular formula is C16H25N. The third-order valence-electron chi connectivity index (χ3n) is 3.81. The molecule has 0 fully saturated rings. The van der Waals surface area contributed by atoms with Crippen molar-refractivity contribution in [2.75, 3.05) is 13.1 Å². The summed E-state index contributed by atoms with van der Waals surface area (Å²) in [5.74, 6) is 0.779. The largest absolute Gasteiger partial charge is 0.316 e. The zero-order chi connectivity index (χ0) is 11.9. The molecule has 0 saturated heterocycles. The number of hydrogen-bond donors (Lipinski definition) is 1. The van der Waals surface area contributed by atoms with Crippen LogP contribution in [0.1, 0.15) is 56.1 Å². The minimum atomic E-state index is 0.779. The SMILES string of the molecule is CCCCCCCNCC1Cc2ccccc21. The Morgan fingerprint density at radius 2 is 1.94 bits per heavy atom. The van der Waals surface area contributed by atoms with Gasteiger partial charge in [-0.05, 0) is 30.5 Å². The highest BCUT2D eigenvalue weighted by Crippen LogP contribution is 2.33. The topological polar surface area (TPSA) is 12.0 Å². The van der Waals surface area contributed by atoms with Gasteiger partial charge in [0.2, 0.25) is 0 Å². The molecule has 94 valence electrons. The van der Waals surface area contributed by atoms with Gasteiger partial charge in [0.05, 0.1) is 0 Å². The molecule has 1 aliphatic carbocycles. The van der Waals surface area contributed by atoms with Gasteiger partial charge in [0.15, 0.2) is 0 Å². The summed E-state index contributed by atoms with van der Waals surface area (Å²) < 4.78 is 0. The van der Waals surface area contributed by atoms with Gasteiger partial charge in [0.25, 0.3) is 0 Å². The van der Waals surface area contributed by atoms with Gasteiger partial charge in [-0.1, -0.05) is 56.9 Å². The summed E-state index contributed by atoms with van der Waals surface area (Å²) in [6.07, 6.45) is 8.15. The zero-order valence-corrected chi connectivity index (χ0v) is 11.0. The van der Waals surface area contributed by atoms with Crippen LogP contribution in [0, 0.1) is 0 Å². The first-order chi connectivity index (χ1) is 8.42. The molecule has 0 bridgehead atoms. The lowest BCUT2D eigenvalue weighted by Gasteiger charge is -2.30. The minimum absolute atomic E-state index is 0.779. The van der Waals surface area contributed by atoms with Gasteiger partial charge in [-0.25, -0.2) is 0 Å². The lowest BCUT2D eigenvalue weighted by atomic mass is 9.77. The predicted molar refractivity (Wildman–Crippen MR) is 74.5 cm³/mol. The van der Waals surface area contributed by atoms with Crippen molar-refractivity contribution < 1.29 is 0 Å². The highest BCUT2D eigenvalue weighted by atomic mass is 14.9. The Kier molecular flexibility index (Phi) is 5.06. The fraction of sp³-hybridized carbons (Fsp3) is 0.625. The molecule has 17 heavy (non-hydrogen) atoms. The van der Waals surface area contributed by atoms with Crippen LogP contribution < -0.4 is 5.32 Å². The Balaban J connectivity index is 1.53. The van der Waals surface area contributed by atoms with Crippen LogP contribution in [0.3, 0.4) is 0 Å². The van der Waals surface area contributed by atoms with Crippen molar-refractivity contribution in [3.63, 3.8) is 0 Å². The van der Waals surface area contributed by atoms with Crippen LogP contribution in [0.5, 0.6) is 0 Å². The molecule has 0 radical (unpaired) electrons. The van der Waals surface area contributed by atoms with E-state index in [-0.39, 0.29) is 0 Å². The third-order valence-corrected chi connectivity index (χ3v) is 3.81. The number of benzene rings is 1. The molecule has 1 unspecified atom stereocenters. The first-order valence-electron chi connectivity index (χ1n) is 7.20. The van der Waals surface area contributed by atoms with Crippen LogP contribution in [0.2, 0.25) is 0 Å². The molecule has 0 heterocycles. The van der Waals surface area contributed by atoms with Gasteiger partial charge in [0, 0.05) is 12.5 Å². The van der Waals surface area contributed by atoms with Gasteiger partial charge in [-0.2, -0.15) is 0 Å². The average molecular weight is 231 g/mol. The molecule has 1 nitrogen and oxygen atoms in total. The van der Waals surface area contributed by atoms with Crippen molar-refractivity contribution in [3.05, 3.63) is 35.4 Å². The monoisotopic (exact) mass is 231 g/mol. The summed E-state index contributed by atoms with van der Waals surface area (Å²) in [7, 11) is 0. The smallest absolute Gasteiger partial charge is 0.00234 e. The summed E-state index contributed by atoms with van der Waals surface area (Å²) in [5, 5.41) is 3.61. The van der Waals surface area contributed by atoms with E-state index in [1.54, 1.807) is 11.1 Å². The van der Waals surface area contributed by atoms with Crippen molar-refractivity contribution in [3.8, 4) is 0 Å². The molecule has 1 atom stereocenters. The predicted octanol–water partition coefficient (Wildman–Crippen LogP) is 3.89. The standard InChI is InChI=1S/C16H25N/c1-2-3-4-5-8-11-17-13-15-12-14-9-6-7-10-16(14)15/h6-7,9-10,15,17H,2-5,8,11-13H2,1H3. The second kappa shape index (κ2) is 6.80. The number of fused-ring (bicyclic) bond motifs is 1. The maximum absolute atomic E-state index is 3.61. The van der Waals surface area contributed by atoms with Gasteiger partial charge < -0.3 is 5.32 Å². The van der Waals surface area contributed by atoms with E-state index in [1.165, 1.54) is 51.6 Å². The van der Waals surface area contributed by atoms with Gasteiger partial charge >= 0.3 is 0 Å². The lowest BCUT2D eigenvalue weighted by Crippen LogP contribution is -2.29. The lowest BCUT2D eigenvalue weighted by molar-refractivity contribution is 0.516. The van der Waals surface area contributed by atoms with E-state index in [4.69, 9.17) is 0 Å². The van der Waals surface area contributed by atoms with E-state index >= 15 is 0 Å². The first kappa shape index (κ1) is 12.6. The Morgan fingerprint density at radius 3 is 2.76 bits per heavy atom. The molecule has 1 N–H and O–H groups in total. The summed E-state index contributed by atoms with van der Waals surface area (Å²) in [5.41, 5.74) is 3.13. The minimum Gasteiger partial charge on any atom is -0.316 e. The van der Waals surface area contributed by atoms with Crippen molar-refractivity contribution in [1.29, 1.82) is 0 Å². The van der Waals surface area contributed by atoms with Gasteiger partial charge in [-0.3, -0.25) is 0 Å². The number of unbranched alkanes of at least 4 members (excludes halogenated alkanes) is 4. The van der Waals surface area contributed by atoms with Gasteiger partial charge in [0.1, 0.15) is 0 Å². The van der Waals surface area contributed by atoms with Crippen molar-refractivity contribution >= 4 is 0 Å². The Labute approximate surface area is 106 Å². The van der Waals surface area contributed by atoms with E-state index in [9.17, 15) is 0 Å². The van der Waals surface area contributed by atoms with Crippen LogP contribution in [-0.4, -0.2) is 13.1 Å². The van der Waals surface area contributed by atoms with E-state index in [0.717, 1.165) is 5.92 Å². The van der Waals surface area contributed by atoms with E-state index in [1.807, 2.05) is 0 Å². The molecule has 0 amide bonds. The van der Waals surface area contributed by atoms with E-state index in [0.29, 0.717) is 0 Å². The quantitative estimate of drug-likeness (QED) is 0.669. The van der Waals surface area contributed by atoms with Crippen LogP contribution >= 0.6 is 0 Å². The van der Waals surface area contributed by atoms with Crippen LogP contribution in [0.15, 0.2) is 24.3 Å². The molecule has 1 aliphatic rings. The molecule has 0 saturated carbocycles. The molecule has 1 aromatic carbocycles. The van der Waals surface area contributed by atoms with E-state index < -0.39 is 0 Å². The van der Waals surface area contributed by atoms with Crippen molar-refractivity contribution in [2.24, 2.45) is 0 Å². The number of hydrogen-bond acceptors (Lipinski definition) is 1. The second-order valence-electron chi connectivity index (χ2n) is 5.22. The van der Waals surface area contributed by atoms with Crippen LogP contribution in [-0.2, 0) is 6.42 Å². The maximum Gasteiger partial charge on any atom is 0.00234 e. The highest BCUT2D eigenvalue weighted by molar-refractivity contribution is 5.40. The number of rotatable bonds is 8. The molecule has 2 rings (SSSR count). The number of nitrogens with one attached hydrogen (secondary N) is 1. The normalized spacial score (nSPS) is 17.6. The fourth-order valence-corrected chi connectivity index (χ4v) is 2.67. The molecule has 0 aliphatic heterocycles.